The van der Waals surface area contributed by atoms with Crippen LogP contribution in [-0.2, 0) is 14.8 Å². The Morgan fingerprint density at radius 2 is 1.56 bits per heavy atom. The SMILES string of the molecule is Cc1cc(C)c(NC(=O)CN(C)C(=O)Nc2cccc(S(=O)(=O)N3CCCCCC3)c2)c(C)c1. The summed E-state index contributed by atoms with van der Waals surface area (Å²) in [6.45, 7) is 6.73. The van der Waals surface area contributed by atoms with Gasteiger partial charge in [0.05, 0.1) is 4.90 Å². The van der Waals surface area contributed by atoms with Gasteiger partial charge in [0, 0.05) is 31.5 Å². The van der Waals surface area contributed by atoms with E-state index >= 15 is 0 Å². The van der Waals surface area contributed by atoms with Crippen LogP contribution in [0, 0.1) is 20.8 Å². The summed E-state index contributed by atoms with van der Waals surface area (Å²) in [5.41, 5.74) is 4.14. The molecular formula is C25H34N4O4S. The van der Waals surface area contributed by atoms with Gasteiger partial charge in [-0.2, -0.15) is 4.31 Å². The number of nitrogens with one attached hydrogen (secondary N) is 2. The lowest BCUT2D eigenvalue weighted by molar-refractivity contribution is -0.116. The summed E-state index contributed by atoms with van der Waals surface area (Å²) in [5.74, 6) is -0.315. The number of nitrogens with zero attached hydrogens (tertiary/aromatic N) is 2. The summed E-state index contributed by atoms with van der Waals surface area (Å²) in [6, 6.07) is 9.72. The van der Waals surface area contributed by atoms with Crippen molar-refractivity contribution in [2.45, 2.75) is 51.3 Å². The maximum atomic E-state index is 13.1. The van der Waals surface area contributed by atoms with E-state index in [4.69, 9.17) is 0 Å². The lowest BCUT2D eigenvalue weighted by atomic mass is 10.1. The standard InChI is InChI=1S/C25H34N4O4S/c1-18-14-19(2)24(20(3)15-18)27-23(30)17-28(4)25(31)26-21-10-9-11-22(16-21)34(32,33)29-12-7-5-6-8-13-29/h9-11,14-16H,5-8,12-13,17H2,1-4H3,(H,26,31)(H,27,30). The van der Waals surface area contributed by atoms with Crippen LogP contribution < -0.4 is 10.6 Å². The molecule has 184 valence electrons. The molecule has 3 amide bonds. The second-order valence-electron chi connectivity index (χ2n) is 8.95. The van der Waals surface area contributed by atoms with Crippen LogP contribution in [-0.4, -0.2) is 56.2 Å². The summed E-state index contributed by atoms with van der Waals surface area (Å²) in [5, 5.41) is 5.57. The molecule has 1 heterocycles. The number of carbonyl (C=O) groups excluding carboxylic acids is 2. The second kappa shape index (κ2) is 11.0. The zero-order valence-corrected chi connectivity index (χ0v) is 21.2. The van der Waals surface area contributed by atoms with E-state index in [9.17, 15) is 18.0 Å². The van der Waals surface area contributed by atoms with Gasteiger partial charge in [-0.15, -0.1) is 0 Å². The number of hydrogen-bond acceptors (Lipinski definition) is 4. The zero-order valence-electron chi connectivity index (χ0n) is 20.3. The average Bonchev–Trinajstić information content (AvgIpc) is 3.06. The van der Waals surface area contributed by atoms with Crippen molar-refractivity contribution < 1.29 is 18.0 Å². The highest BCUT2D eigenvalue weighted by molar-refractivity contribution is 7.89. The highest BCUT2D eigenvalue weighted by Crippen LogP contribution is 2.23. The Hall–Kier alpha value is -2.91. The van der Waals surface area contributed by atoms with Gasteiger partial charge in [0.1, 0.15) is 6.54 Å². The summed E-state index contributed by atoms with van der Waals surface area (Å²) >= 11 is 0. The van der Waals surface area contributed by atoms with E-state index in [1.807, 2.05) is 32.9 Å². The van der Waals surface area contributed by atoms with Crippen molar-refractivity contribution in [2.75, 3.05) is 37.3 Å². The minimum absolute atomic E-state index is 0.148. The Labute approximate surface area is 202 Å². The number of sulfonamides is 1. The molecule has 0 aromatic heterocycles. The number of carbonyl (C=O) groups is 2. The van der Waals surface area contributed by atoms with Gasteiger partial charge in [0.15, 0.2) is 0 Å². The predicted octanol–water partition coefficient (Wildman–Crippen LogP) is 4.28. The van der Waals surface area contributed by atoms with Crippen molar-refractivity contribution in [3.05, 3.63) is 53.1 Å². The van der Waals surface area contributed by atoms with Crippen LogP contribution in [0.3, 0.4) is 0 Å². The third-order valence-electron chi connectivity index (χ3n) is 5.96. The Morgan fingerprint density at radius 1 is 0.941 bits per heavy atom. The van der Waals surface area contributed by atoms with Crippen molar-refractivity contribution in [3.8, 4) is 0 Å². The first-order chi connectivity index (χ1) is 16.1. The third kappa shape index (κ3) is 6.36. The van der Waals surface area contributed by atoms with E-state index in [0.29, 0.717) is 18.8 Å². The van der Waals surface area contributed by atoms with Crippen LogP contribution in [0.2, 0.25) is 0 Å². The van der Waals surface area contributed by atoms with Gasteiger partial charge in [-0.3, -0.25) is 4.79 Å². The predicted molar refractivity (Wildman–Crippen MR) is 135 cm³/mol. The number of benzene rings is 2. The molecule has 1 aliphatic rings. The molecule has 8 nitrogen and oxygen atoms in total. The van der Waals surface area contributed by atoms with Crippen molar-refractivity contribution >= 4 is 33.3 Å². The molecule has 3 rings (SSSR count). The molecule has 9 heteroatoms. The van der Waals surface area contributed by atoms with Gasteiger partial charge in [-0.05, 0) is 62.9 Å². The fourth-order valence-corrected chi connectivity index (χ4v) is 5.79. The monoisotopic (exact) mass is 486 g/mol. The largest absolute Gasteiger partial charge is 0.324 e. The molecule has 0 aliphatic carbocycles. The molecular weight excluding hydrogens is 452 g/mol. The Kier molecular flexibility index (Phi) is 8.33. The molecule has 1 fully saturated rings. The van der Waals surface area contributed by atoms with Gasteiger partial charge in [-0.1, -0.05) is 36.6 Å². The van der Waals surface area contributed by atoms with Gasteiger partial charge >= 0.3 is 6.03 Å². The highest BCUT2D eigenvalue weighted by atomic mass is 32.2. The normalized spacial score (nSPS) is 14.8. The van der Waals surface area contributed by atoms with Crippen LogP contribution in [0.5, 0.6) is 0 Å². The van der Waals surface area contributed by atoms with Crippen LogP contribution in [0.4, 0.5) is 16.2 Å². The molecule has 2 aromatic carbocycles. The first kappa shape index (κ1) is 25.7. The van der Waals surface area contributed by atoms with Gasteiger partial charge in [0.2, 0.25) is 15.9 Å². The third-order valence-corrected chi connectivity index (χ3v) is 7.85. The maximum absolute atomic E-state index is 13.1. The summed E-state index contributed by atoms with van der Waals surface area (Å²) in [6.07, 6.45) is 3.77. The summed E-state index contributed by atoms with van der Waals surface area (Å²) in [4.78, 5) is 26.6. The lowest BCUT2D eigenvalue weighted by Gasteiger charge is -2.21. The van der Waals surface area contributed by atoms with Crippen molar-refractivity contribution in [1.29, 1.82) is 0 Å². The minimum Gasteiger partial charge on any atom is -0.324 e. The number of amides is 3. The van der Waals surface area contributed by atoms with E-state index in [2.05, 4.69) is 10.6 Å². The number of hydrogen-bond donors (Lipinski definition) is 2. The van der Waals surface area contributed by atoms with E-state index < -0.39 is 16.1 Å². The van der Waals surface area contributed by atoms with E-state index in [-0.39, 0.29) is 17.3 Å². The lowest BCUT2D eigenvalue weighted by Crippen LogP contribution is -2.38. The number of urea groups is 1. The van der Waals surface area contributed by atoms with E-state index in [1.54, 1.807) is 18.2 Å². The fraction of sp³-hybridized carbons (Fsp3) is 0.440. The van der Waals surface area contributed by atoms with Crippen LogP contribution in [0.25, 0.3) is 0 Å². The fourth-order valence-electron chi connectivity index (χ4n) is 4.23. The van der Waals surface area contributed by atoms with Crippen LogP contribution in [0.1, 0.15) is 42.4 Å². The van der Waals surface area contributed by atoms with Crippen molar-refractivity contribution in [1.82, 2.24) is 9.21 Å². The molecule has 1 aliphatic heterocycles. The zero-order chi connectivity index (χ0) is 24.9. The molecule has 34 heavy (non-hydrogen) atoms. The van der Waals surface area contributed by atoms with Gasteiger partial charge in [0.25, 0.3) is 0 Å². The van der Waals surface area contributed by atoms with E-state index in [1.165, 1.54) is 22.3 Å². The molecule has 2 N–H and O–H groups in total. The molecule has 0 bridgehead atoms. The molecule has 0 spiro atoms. The van der Waals surface area contributed by atoms with Gasteiger partial charge < -0.3 is 15.5 Å². The first-order valence-electron chi connectivity index (χ1n) is 11.6. The maximum Gasteiger partial charge on any atom is 0.322 e. The number of aryl methyl sites for hydroxylation is 3. The number of anilines is 2. The number of rotatable bonds is 6. The Bertz CT molecular complexity index is 1130. The molecule has 0 atom stereocenters. The first-order valence-corrected chi connectivity index (χ1v) is 13.0. The number of likely N-dealkylation sites (N-methyl/N-ethyl adjacent to an activating group) is 1. The van der Waals surface area contributed by atoms with Crippen LogP contribution >= 0.6 is 0 Å². The molecule has 2 aromatic rings. The van der Waals surface area contributed by atoms with E-state index in [0.717, 1.165) is 48.1 Å². The summed E-state index contributed by atoms with van der Waals surface area (Å²) < 4.78 is 27.6. The van der Waals surface area contributed by atoms with Crippen molar-refractivity contribution in [2.24, 2.45) is 0 Å². The molecule has 0 saturated carbocycles. The molecule has 1 saturated heterocycles. The smallest absolute Gasteiger partial charge is 0.322 e. The Morgan fingerprint density at radius 3 is 2.18 bits per heavy atom. The van der Waals surface area contributed by atoms with Crippen LogP contribution in [0.15, 0.2) is 41.3 Å². The van der Waals surface area contributed by atoms with Gasteiger partial charge in [-0.25, -0.2) is 13.2 Å². The second-order valence-corrected chi connectivity index (χ2v) is 10.9. The average molecular weight is 487 g/mol. The summed E-state index contributed by atoms with van der Waals surface area (Å²) in [7, 11) is -2.11. The molecule has 0 unspecified atom stereocenters. The minimum atomic E-state index is -3.62. The quantitative estimate of drug-likeness (QED) is 0.637. The Balaban J connectivity index is 1.63. The highest BCUT2D eigenvalue weighted by Gasteiger charge is 2.25. The topological polar surface area (TPSA) is 98.8 Å². The van der Waals surface area contributed by atoms with Crippen molar-refractivity contribution in [3.63, 3.8) is 0 Å². The molecule has 0 radical (unpaired) electrons.